The predicted molar refractivity (Wildman–Crippen MR) is 86.8 cm³/mol. The van der Waals surface area contributed by atoms with Crippen molar-refractivity contribution in [1.29, 1.82) is 0 Å². The molecule has 0 unspecified atom stereocenters. The number of methoxy groups -OCH3 is 1. The molecule has 0 heterocycles. The summed E-state index contributed by atoms with van der Waals surface area (Å²) in [6, 6.07) is 2.72. The van der Waals surface area contributed by atoms with Gasteiger partial charge in [-0.1, -0.05) is 11.6 Å². The lowest BCUT2D eigenvalue weighted by Gasteiger charge is -2.12. The normalized spacial score (nSPS) is 10.7. The van der Waals surface area contributed by atoms with Crippen LogP contribution in [0.5, 0.6) is 11.5 Å². The minimum Gasteiger partial charge on any atom is -0.493 e. The Morgan fingerprint density at radius 3 is 2.39 bits per heavy atom. The third-order valence-corrected chi connectivity index (χ3v) is 3.68. The van der Waals surface area contributed by atoms with Crippen molar-refractivity contribution in [2.75, 3.05) is 7.11 Å². The van der Waals surface area contributed by atoms with Gasteiger partial charge in [0.2, 0.25) is 0 Å². The third-order valence-electron chi connectivity index (χ3n) is 3.37. The lowest BCUT2D eigenvalue weighted by atomic mass is 10.1. The van der Waals surface area contributed by atoms with Gasteiger partial charge in [-0.3, -0.25) is 10.1 Å². The van der Waals surface area contributed by atoms with Gasteiger partial charge in [-0.2, -0.15) is 8.78 Å². The van der Waals surface area contributed by atoms with Crippen LogP contribution in [0.15, 0.2) is 24.3 Å². The summed E-state index contributed by atoms with van der Waals surface area (Å²) in [6.45, 7) is -3.97. The van der Waals surface area contributed by atoms with Crippen molar-refractivity contribution in [2.45, 2.75) is 13.2 Å². The van der Waals surface area contributed by atoms with Crippen LogP contribution in [-0.2, 0) is 11.3 Å². The number of halogens is 5. The first-order chi connectivity index (χ1) is 13.1. The van der Waals surface area contributed by atoms with Crippen LogP contribution in [-0.4, -0.2) is 24.6 Å². The summed E-state index contributed by atoms with van der Waals surface area (Å²) in [5.74, 6) is -4.69. The van der Waals surface area contributed by atoms with Gasteiger partial charge in [-0.05, 0) is 18.2 Å². The van der Waals surface area contributed by atoms with Crippen molar-refractivity contribution < 1.29 is 41.5 Å². The molecule has 0 saturated carbocycles. The van der Waals surface area contributed by atoms with Crippen LogP contribution < -0.4 is 9.47 Å². The molecule has 0 atom stereocenters. The number of alkyl halides is 2. The van der Waals surface area contributed by atoms with Gasteiger partial charge in [0.15, 0.2) is 23.1 Å². The molecule has 0 aliphatic rings. The highest BCUT2D eigenvalue weighted by atomic mass is 35.5. The first-order valence-corrected chi connectivity index (χ1v) is 7.63. The van der Waals surface area contributed by atoms with Gasteiger partial charge in [0.05, 0.1) is 34.2 Å². The number of nitro benzene ring substituents is 1. The van der Waals surface area contributed by atoms with E-state index in [2.05, 4.69) is 4.74 Å². The van der Waals surface area contributed by atoms with E-state index in [-0.39, 0.29) is 11.3 Å². The standard InChI is InChI=1S/C16H10ClF4NO6/c1-26-13-2-7(12(22(24)25)5-14(13)28-16(20)21)6-27-15(23)8-3-10(18)11(19)4-9(8)17/h2-5,16H,6H2,1H3. The minimum absolute atomic E-state index is 0.226. The molecular weight excluding hydrogens is 414 g/mol. The molecular formula is C16H10ClF4NO6. The number of benzene rings is 2. The fourth-order valence-corrected chi connectivity index (χ4v) is 2.35. The maximum Gasteiger partial charge on any atom is 0.387 e. The topological polar surface area (TPSA) is 87.9 Å². The number of hydrogen-bond donors (Lipinski definition) is 0. The Balaban J connectivity index is 2.31. The molecule has 0 aliphatic heterocycles. The summed E-state index contributed by atoms with van der Waals surface area (Å²) in [5.41, 5.74) is -1.43. The first-order valence-electron chi connectivity index (χ1n) is 7.25. The number of rotatable bonds is 7. The number of esters is 1. The van der Waals surface area contributed by atoms with Crippen LogP contribution in [0.1, 0.15) is 15.9 Å². The summed E-state index contributed by atoms with van der Waals surface area (Å²) in [6.07, 6.45) is 0. The highest BCUT2D eigenvalue weighted by molar-refractivity contribution is 6.33. The molecule has 0 bridgehead atoms. The van der Waals surface area contributed by atoms with Crippen molar-refractivity contribution in [1.82, 2.24) is 0 Å². The Morgan fingerprint density at radius 1 is 1.18 bits per heavy atom. The van der Waals surface area contributed by atoms with E-state index in [0.717, 1.165) is 13.2 Å². The van der Waals surface area contributed by atoms with Crippen LogP contribution in [0.4, 0.5) is 23.2 Å². The van der Waals surface area contributed by atoms with E-state index >= 15 is 0 Å². The van der Waals surface area contributed by atoms with Crippen molar-refractivity contribution in [3.05, 3.63) is 62.2 Å². The number of carbonyl (C=O) groups excluding carboxylic acids is 1. The molecule has 0 aliphatic carbocycles. The zero-order valence-corrected chi connectivity index (χ0v) is 14.6. The van der Waals surface area contributed by atoms with Gasteiger partial charge >= 0.3 is 12.6 Å². The van der Waals surface area contributed by atoms with Crippen molar-refractivity contribution in [3.8, 4) is 11.5 Å². The van der Waals surface area contributed by atoms with E-state index in [1.54, 1.807) is 0 Å². The number of nitro groups is 1. The van der Waals surface area contributed by atoms with Gasteiger partial charge in [-0.25, -0.2) is 13.6 Å². The molecule has 28 heavy (non-hydrogen) atoms. The highest BCUT2D eigenvalue weighted by Crippen LogP contribution is 2.36. The molecule has 0 spiro atoms. The number of ether oxygens (including phenoxy) is 3. The Hall–Kier alpha value is -3.08. The fourth-order valence-electron chi connectivity index (χ4n) is 2.12. The summed E-state index contributed by atoms with van der Waals surface area (Å²) in [7, 11) is 1.11. The quantitative estimate of drug-likeness (QED) is 0.214. The monoisotopic (exact) mass is 423 g/mol. The van der Waals surface area contributed by atoms with Crippen LogP contribution in [0.25, 0.3) is 0 Å². The number of nitrogens with zero attached hydrogens (tertiary/aromatic N) is 1. The second kappa shape index (κ2) is 8.74. The van der Waals surface area contributed by atoms with Gasteiger partial charge < -0.3 is 14.2 Å². The zero-order valence-electron chi connectivity index (χ0n) is 13.9. The molecule has 0 aromatic heterocycles. The van der Waals surface area contributed by atoms with E-state index in [4.69, 9.17) is 21.1 Å². The van der Waals surface area contributed by atoms with Crippen LogP contribution in [0, 0.1) is 21.7 Å². The van der Waals surface area contributed by atoms with Crippen molar-refractivity contribution >= 4 is 23.3 Å². The maximum atomic E-state index is 13.3. The third kappa shape index (κ3) is 4.80. The average molecular weight is 424 g/mol. The minimum atomic E-state index is -3.26. The number of hydrogen-bond acceptors (Lipinski definition) is 6. The fraction of sp³-hybridized carbons (Fsp3) is 0.188. The summed E-state index contributed by atoms with van der Waals surface area (Å²) >= 11 is 5.65. The molecule has 0 amide bonds. The van der Waals surface area contributed by atoms with Crippen molar-refractivity contribution in [3.63, 3.8) is 0 Å². The van der Waals surface area contributed by atoms with E-state index in [9.17, 15) is 32.5 Å². The molecule has 0 saturated heterocycles. The zero-order chi connectivity index (χ0) is 21.0. The van der Waals surface area contributed by atoms with Crippen LogP contribution in [0.3, 0.4) is 0 Å². The molecule has 12 heteroatoms. The van der Waals surface area contributed by atoms with Gasteiger partial charge in [-0.15, -0.1) is 0 Å². The summed E-state index contributed by atoms with van der Waals surface area (Å²) in [5, 5.41) is 10.7. The lowest BCUT2D eigenvalue weighted by Crippen LogP contribution is -2.09. The van der Waals surface area contributed by atoms with Crippen LogP contribution in [0.2, 0.25) is 5.02 Å². The lowest BCUT2D eigenvalue weighted by molar-refractivity contribution is -0.386. The second-order valence-electron chi connectivity index (χ2n) is 5.09. The second-order valence-corrected chi connectivity index (χ2v) is 5.50. The summed E-state index contributed by atoms with van der Waals surface area (Å²) in [4.78, 5) is 22.3. The van der Waals surface area contributed by atoms with E-state index in [0.29, 0.717) is 18.2 Å². The van der Waals surface area contributed by atoms with Gasteiger partial charge in [0, 0.05) is 0 Å². The molecule has 150 valence electrons. The van der Waals surface area contributed by atoms with Gasteiger partial charge in [0.25, 0.3) is 5.69 Å². The largest absolute Gasteiger partial charge is 0.493 e. The molecule has 2 rings (SSSR count). The molecule has 2 aromatic carbocycles. The Morgan fingerprint density at radius 2 is 1.82 bits per heavy atom. The molecule has 0 N–H and O–H groups in total. The smallest absolute Gasteiger partial charge is 0.387 e. The average Bonchev–Trinajstić information content (AvgIpc) is 2.62. The first kappa shape index (κ1) is 21.2. The molecule has 2 aromatic rings. The maximum absolute atomic E-state index is 13.3. The Kier molecular flexibility index (Phi) is 6.62. The highest BCUT2D eigenvalue weighted by Gasteiger charge is 2.24. The molecule has 0 radical (unpaired) electrons. The van der Waals surface area contributed by atoms with E-state index in [1.165, 1.54) is 0 Å². The SMILES string of the molecule is COc1cc(COC(=O)c2cc(F)c(F)cc2Cl)c([N+](=O)[O-])cc1OC(F)F. The molecule has 0 fully saturated rings. The van der Waals surface area contributed by atoms with Crippen molar-refractivity contribution in [2.24, 2.45) is 0 Å². The predicted octanol–water partition coefficient (Wildman–Crippen LogP) is 4.49. The van der Waals surface area contributed by atoms with E-state index < -0.39 is 57.8 Å². The summed E-state index contributed by atoms with van der Waals surface area (Å²) < 4.78 is 65.0. The van der Waals surface area contributed by atoms with Crippen LogP contribution >= 0.6 is 11.6 Å². The Bertz CT molecular complexity index is 924. The van der Waals surface area contributed by atoms with E-state index in [1.807, 2.05) is 0 Å². The number of carbonyl (C=O) groups is 1. The van der Waals surface area contributed by atoms with Gasteiger partial charge in [0.1, 0.15) is 6.61 Å². The molecule has 7 nitrogen and oxygen atoms in total. The Labute approximate surface area is 159 Å².